The molecular weight excluding hydrogens is 282 g/mol. The van der Waals surface area contributed by atoms with Gasteiger partial charge >= 0.3 is 0 Å². The van der Waals surface area contributed by atoms with Crippen molar-refractivity contribution in [1.82, 2.24) is 9.97 Å². The van der Waals surface area contributed by atoms with Gasteiger partial charge in [0.15, 0.2) is 0 Å². The molecule has 0 spiro atoms. The monoisotopic (exact) mass is 307 g/mol. The Kier molecular flexibility index (Phi) is 3.80. The van der Waals surface area contributed by atoms with Crippen molar-refractivity contribution in [3.8, 4) is 11.3 Å². The van der Waals surface area contributed by atoms with Crippen LogP contribution in [-0.4, -0.2) is 23.1 Å². The second-order valence-corrected chi connectivity index (χ2v) is 6.58. The smallest absolute Gasteiger partial charge is 0.226 e. The highest BCUT2D eigenvalue weighted by atomic mass is 15.3. The van der Waals surface area contributed by atoms with Crippen LogP contribution in [0.1, 0.15) is 62.6 Å². The SMILES string of the molecule is CC.c1ccc(-c2nc(N3CCC3)nc3c2C2CCC3C2)cc1. The first-order valence-electron chi connectivity index (χ1n) is 9.12. The summed E-state index contributed by atoms with van der Waals surface area (Å²) in [6.45, 7) is 6.22. The molecule has 2 aromatic rings. The normalized spacial score (nSPS) is 23.8. The van der Waals surface area contributed by atoms with Crippen LogP contribution in [0.5, 0.6) is 0 Å². The molecule has 2 atom stereocenters. The van der Waals surface area contributed by atoms with E-state index in [-0.39, 0.29) is 0 Å². The van der Waals surface area contributed by atoms with E-state index in [4.69, 9.17) is 9.97 Å². The summed E-state index contributed by atoms with van der Waals surface area (Å²) in [5.74, 6) is 2.35. The molecule has 2 aliphatic carbocycles. The highest BCUT2D eigenvalue weighted by Crippen LogP contribution is 2.54. The number of rotatable bonds is 2. The molecule has 2 heterocycles. The van der Waals surface area contributed by atoms with Crippen LogP contribution in [0, 0.1) is 0 Å². The zero-order chi connectivity index (χ0) is 15.8. The van der Waals surface area contributed by atoms with Gasteiger partial charge < -0.3 is 4.90 Å². The lowest BCUT2D eigenvalue weighted by atomic mass is 9.92. The Bertz CT molecular complexity index is 692. The van der Waals surface area contributed by atoms with Crippen molar-refractivity contribution in [1.29, 1.82) is 0 Å². The molecule has 23 heavy (non-hydrogen) atoms. The number of anilines is 1. The maximum absolute atomic E-state index is 4.97. The predicted molar refractivity (Wildman–Crippen MR) is 95.0 cm³/mol. The molecule has 1 aromatic heterocycles. The molecule has 5 rings (SSSR count). The fourth-order valence-corrected chi connectivity index (χ4v) is 4.15. The number of aromatic nitrogens is 2. The molecule has 0 amide bonds. The van der Waals surface area contributed by atoms with E-state index < -0.39 is 0 Å². The number of hydrogen-bond donors (Lipinski definition) is 0. The third-order valence-corrected chi connectivity index (χ3v) is 5.38. The van der Waals surface area contributed by atoms with E-state index in [0.29, 0.717) is 11.8 Å². The molecule has 3 nitrogen and oxygen atoms in total. The quantitative estimate of drug-likeness (QED) is 0.802. The third kappa shape index (κ3) is 2.34. The van der Waals surface area contributed by atoms with Crippen LogP contribution in [0.15, 0.2) is 30.3 Å². The Morgan fingerprint density at radius 1 is 0.957 bits per heavy atom. The first-order valence-corrected chi connectivity index (χ1v) is 9.12. The van der Waals surface area contributed by atoms with E-state index in [2.05, 4.69) is 35.2 Å². The Labute approximate surface area is 138 Å². The summed E-state index contributed by atoms with van der Waals surface area (Å²) in [5.41, 5.74) is 5.28. The van der Waals surface area contributed by atoms with Gasteiger partial charge in [0.25, 0.3) is 0 Å². The fourth-order valence-electron chi connectivity index (χ4n) is 4.15. The van der Waals surface area contributed by atoms with Gasteiger partial charge in [-0.1, -0.05) is 44.2 Å². The number of benzene rings is 1. The van der Waals surface area contributed by atoms with Gasteiger partial charge in [-0.3, -0.25) is 0 Å². The molecule has 0 N–H and O–H groups in total. The third-order valence-electron chi connectivity index (χ3n) is 5.38. The Balaban J connectivity index is 0.000000652. The van der Waals surface area contributed by atoms with Crippen LogP contribution in [0.25, 0.3) is 11.3 Å². The maximum atomic E-state index is 4.97. The first-order chi connectivity index (χ1) is 11.4. The average Bonchev–Trinajstić information content (AvgIpc) is 3.17. The maximum Gasteiger partial charge on any atom is 0.226 e. The van der Waals surface area contributed by atoms with Crippen molar-refractivity contribution >= 4 is 5.95 Å². The van der Waals surface area contributed by atoms with E-state index in [1.165, 1.54) is 48.2 Å². The number of nitrogens with zero attached hydrogens (tertiary/aromatic N) is 3. The van der Waals surface area contributed by atoms with Crippen LogP contribution in [0.4, 0.5) is 5.95 Å². The molecule has 3 heteroatoms. The second-order valence-electron chi connectivity index (χ2n) is 6.58. The van der Waals surface area contributed by atoms with E-state index in [1.807, 2.05) is 13.8 Å². The zero-order valence-corrected chi connectivity index (χ0v) is 14.1. The Hall–Kier alpha value is -1.90. The molecular formula is C20H25N3. The van der Waals surface area contributed by atoms with Crippen LogP contribution < -0.4 is 4.90 Å². The molecule has 1 saturated heterocycles. The summed E-state index contributed by atoms with van der Waals surface area (Å²) in [6, 6.07) is 10.7. The molecule has 1 aliphatic heterocycles. The minimum Gasteiger partial charge on any atom is -0.341 e. The second kappa shape index (κ2) is 5.95. The lowest BCUT2D eigenvalue weighted by molar-refractivity contribution is 0.593. The van der Waals surface area contributed by atoms with Crippen LogP contribution in [0.2, 0.25) is 0 Å². The largest absolute Gasteiger partial charge is 0.341 e. The summed E-state index contributed by atoms with van der Waals surface area (Å²) < 4.78 is 0. The lowest BCUT2D eigenvalue weighted by Gasteiger charge is -2.32. The van der Waals surface area contributed by atoms with Gasteiger partial charge in [-0.25, -0.2) is 9.97 Å². The summed E-state index contributed by atoms with van der Waals surface area (Å²) in [5, 5.41) is 0. The summed E-state index contributed by atoms with van der Waals surface area (Å²) in [7, 11) is 0. The Morgan fingerprint density at radius 2 is 1.70 bits per heavy atom. The summed E-state index contributed by atoms with van der Waals surface area (Å²) in [4.78, 5) is 12.2. The van der Waals surface area contributed by atoms with E-state index in [0.717, 1.165) is 19.0 Å². The highest BCUT2D eigenvalue weighted by Gasteiger charge is 2.41. The summed E-state index contributed by atoms with van der Waals surface area (Å²) in [6.07, 6.45) is 5.22. The molecule has 0 radical (unpaired) electrons. The van der Waals surface area contributed by atoms with Crippen molar-refractivity contribution in [3.63, 3.8) is 0 Å². The molecule has 1 saturated carbocycles. The molecule has 120 valence electrons. The van der Waals surface area contributed by atoms with Crippen LogP contribution in [-0.2, 0) is 0 Å². The van der Waals surface area contributed by atoms with Crippen LogP contribution >= 0.6 is 0 Å². The van der Waals surface area contributed by atoms with Gasteiger partial charge in [-0.05, 0) is 31.6 Å². The fraction of sp³-hybridized carbons (Fsp3) is 0.500. The van der Waals surface area contributed by atoms with E-state index in [1.54, 1.807) is 0 Å². The lowest BCUT2D eigenvalue weighted by Crippen LogP contribution is -2.38. The van der Waals surface area contributed by atoms with E-state index in [9.17, 15) is 0 Å². The predicted octanol–water partition coefficient (Wildman–Crippen LogP) is 4.74. The van der Waals surface area contributed by atoms with Crippen molar-refractivity contribution in [2.75, 3.05) is 18.0 Å². The molecule has 1 aromatic carbocycles. The number of hydrogen-bond acceptors (Lipinski definition) is 3. The van der Waals surface area contributed by atoms with Gasteiger partial charge in [0, 0.05) is 30.1 Å². The van der Waals surface area contributed by atoms with Gasteiger partial charge in [-0.2, -0.15) is 0 Å². The van der Waals surface area contributed by atoms with Crippen molar-refractivity contribution in [2.24, 2.45) is 0 Å². The van der Waals surface area contributed by atoms with Gasteiger partial charge in [0.2, 0.25) is 5.95 Å². The van der Waals surface area contributed by atoms with Crippen molar-refractivity contribution in [3.05, 3.63) is 41.6 Å². The van der Waals surface area contributed by atoms with Gasteiger partial charge in [-0.15, -0.1) is 0 Å². The average molecular weight is 307 g/mol. The highest BCUT2D eigenvalue weighted by molar-refractivity contribution is 5.68. The van der Waals surface area contributed by atoms with Crippen LogP contribution in [0.3, 0.4) is 0 Å². The zero-order valence-electron chi connectivity index (χ0n) is 14.1. The minimum atomic E-state index is 0.690. The Morgan fingerprint density at radius 3 is 2.39 bits per heavy atom. The first kappa shape index (κ1) is 14.7. The van der Waals surface area contributed by atoms with Crippen molar-refractivity contribution in [2.45, 2.75) is 51.4 Å². The van der Waals surface area contributed by atoms with Crippen molar-refractivity contribution < 1.29 is 0 Å². The minimum absolute atomic E-state index is 0.690. The van der Waals surface area contributed by atoms with Gasteiger partial charge in [0.1, 0.15) is 0 Å². The number of fused-ring (bicyclic) bond motifs is 5. The standard InChI is InChI=1S/C18H19N3.C2H6/c1-2-5-12(6-3-1)16-15-13-7-8-14(11-13)17(15)20-18(19-16)21-9-4-10-21;1-2/h1-3,5-6,13-14H,4,7-11H2;1-2H3. The topological polar surface area (TPSA) is 29.0 Å². The van der Waals surface area contributed by atoms with E-state index >= 15 is 0 Å². The molecule has 2 unspecified atom stereocenters. The molecule has 2 fully saturated rings. The molecule has 2 bridgehead atoms. The summed E-state index contributed by atoms with van der Waals surface area (Å²) >= 11 is 0. The van der Waals surface area contributed by atoms with Gasteiger partial charge in [0.05, 0.1) is 11.4 Å². The molecule has 3 aliphatic rings.